The van der Waals surface area contributed by atoms with E-state index >= 15 is 0 Å². The van der Waals surface area contributed by atoms with E-state index in [1.807, 2.05) is 6.92 Å². The Kier molecular flexibility index (Phi) is 3.24. The average molecular weight is 209 g/mol. The first-order valence-electron chi connectivity index (χ1n) is 4.69. The summed E-state index contributed by atoms with van der Waals surface area (Å²) in [5.41, 5.74) is 0.835. The average Bonchev–Trinajstić information content (AvgIpc) is 2.13. The lowest BCUT2D eigenvalue weighted by Crippen LogP contribution is -2.36. The Morgan fingerprint density at radius 1 is 1.47 bits per heavy atom. The second-order valence-corrected chi connectivity index (χ2v) is 3.54. The van der Waals surface area contributed by atoms with Gasteiger partial charge in [0, 0.05) is 18.8 Å². The number of likely N-dealkylation sites (N-methyl/N-ethyl adjacent to an activating group) is 1. The normalized spacial score (nSPS) is 12.3. The molecule has 0 spiro atoms. The zero-order valence-corrected chi connectivity index (χ0v) is 9.35. The number of nitrogens with zero attached hydrogens (tertiary/aromatic N) is 3. The quantitative estimate of drug-likeness (QED) is 0.804. The van der Waals surface area contributed by atoms with Crippen molar-refractivity contribution >= 4 is 11.8 Å². The molecule has 0 fully saturated rings. The summed E-state index contributed by atoms with van der Waals surface area (Å²) in [6.45, 7) is 5.27. The zero-order chi connectivity index (χ0) is 11.6. The van der Waals surface area contributed by atoms with Crippen LogP contribution in [0.1, 0.15) is 18.4 Å². The summed E-state index contributed by atoms with van der Waals surface area (Å²) in [6.07, 6.45) is 0. The van der Waals surface area contributed by atoms with Crippen molar-refractivity contribution in [3.63, 3.8) is 0 Å². The van der Waals surface area contributed by atoms with E-state index in [9.17, 15) is 4.79 Å². The van der Waals surface area contributed by atoms with Gasteiger partial charge in [-0.3, -0.25) is 0 Å². The van der Waals surface area contributed by atoms with Gasteiger partial charge in [-0.05, 0) is 20.8 Å². The maximum Gasteiger partial charge on any atom is 0.326 e. The van der Waals surface area contributed by atoms with E-state index in [4.69, 9.17) is 5.11 Å². The van der Waals surface area contributed by atoms with Crippen LogP contribution < -0.4 is 4.90 Å². The van der Waals surface area contributed by atoms with Crippen LogP contribution in [0.4, 0.5) is 5.82 Å². The third kappa shape index (κ3) is 2.65. The fourth-order valence-electron chi connectivity index (χ4n) is 1.24. The molecule has 1 aromatic heterocycles. The fourth-order valence-corrected chi connectivity index (χ4v) is 1.24. The largest absolute Gasteiger partial charge is 0.480 e. The molecular formula is C10H15N3O2. The minimum absolute atomic E-state index is 0.598. The van der Waals surface area contributed by atoms with Gasteiger partial charge in [-0.15, -0.1) is 0 Å². The fraction of sp³-hybridized carbons (Fsp3) is 0.500. The highest BCUT2D eigenvalue weighted by atomic mass is 16.4. The third-order valence-electron chi connectivity index (χ3n) is 2.25. The topological polar surface area (TPSA) is 66.3 Å². The van der Waals surface area contributed by atoms with Gasteiger partial charge in [0.1, 0.15) is 17.7 Å². The molecule has 0 aliphatic rings. The lowest BCUT2D eigenvalue weighted by Gasteiger charge is -2.22. The number of hydrogen-bond acceptors (Lipinski definition) is 4. The second-order valence-electron chi connectivity index (χ2n) is 3.54. The van der Waals surface area contributed by atoms with Crippen LogP contribution in [0.5, 0.6) is 0 Å². The molecule has 1 heterocycles. The summed E-state index contributed by atoms with van der Waals surface area (Å²) in [5.74, 6) is 0.413. The van der Waals surface area contributed by atoms with Crippen molar-refractivity contribution in [2.24, 2.45) is 0 Å². The second kappa shape index (κ2) is 4.25. The van der Waals surface area contributed by atoms with Gasteiger partial charge in [0.2, 0.25) is 0 Å². The van der Waals surface area contributed by atoms with Crippen molar-refractivity contribution in [3.8, 4) is 0 Å². The molecule has 0 saturated carbocycles. The van der Waals surface area contributed by atoms with Crippen LogP contribution in [0, 0.1) is 13.8 Å². The van der Waals surface area contributed by atoms with Crippen LogP contribution in [0.2, 0.25) is 0 Å². The lowest BCUT2D eigenvalue weighted by atomic mass is 10.3. The van der Waals surface area contributed by atoms with Crippen molar-refractivity contribution in [2.45, 2.75) is 26.8 Å². The number of hydrogen-bond donors (Lipinski definition) is 1. The number of aryl methyl sites for hydroxylation is 2. The smallest absolute Gasteiger partial charge is 0.326 e. The maximum atomic E-state index is 10.8. The van der Waals surface area contributed by atoms with Gasteiger partial charge < -0.3 is 10.0 Å². The van der Waals surface area contributed by atoms with Gasteiger partial charge in [0.15, 0.2) is 0 Å². The molecule has 1 rings (SSSR count). The molecular weight excluding hydrogens is 194 g/mol. The van der Waals surface area contributed by atoms with E-state index in [0.717, 1.165) is 5.69 Å². The molecule has 0 aliphatic heterocycles. The number of aliphatic carboxylic acids is 1. The standard InChI is InChI=1S/C10H15N3O2/c1-6-5-9(12-8(3)11-6)13(4)7(2)10(14)15/h5,7H,1-4H3,(H,14,15). The Hall–Kier alpha value is -1.65. The van der Waals surface area contributed by atoms with Crippen LogP contribution in [0.25, 0.3) is 0 Å². The van der Waals surface area contributed by atoms with Gasteiger partial charge in [-0.25, -0.2) is 14.8 Å². The number of carboxylic acid groups (broad SMARTS) is 1. The molecule has 1 atom stereocenters. The molecule has 82 valence electrons. The summed E-state index contributed by atoms with van der Waals surface area (Å²) in [7, 11) is 1.71. The molecule has 1 N–H and O–H groups in total. The minimum atomic E-state index is -0.869. The molecule has 0 bridgehead atoms. The Morgan fingerprint density at radius 2 is 2.07 bits per heavy atom. The molecule has 5 heteroatoms. The maximum absolute atomic E-state index is 10.8. The van der Waals surface area contributed by atoms with Crippen LogP contribution in [0.15, 0.2) is 6.07 Å². The predicted octanol–water partition coefficient (Wildman–Crippen LogP) is 1.00. The minimum Gasteiger partial charge on any atom is -0.480 e. The summed E-state index contributed by atoms with van der Waals surface area (Å²) in [4.78, 5) is 20.7. The molecule has 5 nitrogen and oxygen atoms in total. The molecule has 1 unspecified atom stereocenters. The van der Waals surface area contributed by atoms with Crippen LogP contribution >= 0.6 is 0 Å². The number of anilines is 1. The van der Waals surface area contributed by atoms with Gasteiger partial charge in [-0.1, -0.05) is 0 Å². The highest BCUT2D eigenvalue weighted by Gasteiger charge is 2.18. The summed E-state index contributed by atoms with van der Waals surface area (Å²) in [5, 5.41) is 8.87. The number of rotatable bonds is 3. The Bertz CT molecular complexity index is 359. The molecule has 0 aromatic carbocycles. The Morgan fingerprint density at radius 3 is 2.53 bits per heavy atom. The van der Waals surface area contributed by atoms with Crippen molar-refractivity contribution in [1.82, 2.24) is 9.97 Å². The lowest BCUT2D eigenvalue weighted by molar-refractivity contribution is -0.138. The number of carbonyl (C=O) groups is 1. The first kappa shape index (κ1) is 11.4. The molecule has 0 amide bonds. The van der Waals surface area contributed by atoms with E-state index in [-0.39, 0.29) is 0 Å². The predicted molar refractivity (Wildman–Crippen MR) is 57.0 cm³/mol. The van der Waals surface area contributed by atoms with Gasteiger partial charge in [0.25, 0.3) is 0 Å². The molecule has 15 heavy (non-hydrogen) atoms. The third-order valence-corrected chi connectivity index (χ3v) is 2.25. The zero-order valence-electron chi connectivity index (χ0n) is 9.35. The molecule has 0 radical (unpaired) electrons. The molecule has 0 saturated heterocycles. The van der Waals surface area contributed by atoms with Crippen LogP contribution in [0.3, 0.4) is 0 Å². The van der Waals surface area contributed by atoms with E-state index < -0.39 is 12.0 Å². The highest BCUT2D eigenvalue weighted by Crippen LogP contribution is 2.13. The van der Waals surface area contributed by atoms with Gasteiger partial charge in [0.05, 0.1) is 0 Å². The van der Waals surface area contributed by atoms with E-state index in [1.165, 1.54) is 0 Å². The molecule has 0 aliphatic carbocycles. The van der Waals surface area contributed by atoms with E-state index in [1.54, 1.807) is 31.9 Å². The van der Waals surface area contributed by atoms with E-state index in [0.29, 0.717) is 11.6 Å². The van der Waals surface area contributed by atoms with Crippen LogP contribution in [-0.2, 0) is 4.79 Å². The van der Waals surface area contributed by atoms with Gasteiger partial charge >= 0.3 is 5.97 Å². The van der Waals surface area contributed by atoms with Crippen molar-refractivity contribution in [1.29, 1.82) is 0 Å². The van der Waals surface area contributed by atoms with Crippen molar-refractivity contribution in [3.05, 3.63) is 17.6 Å². The first-order chi connectivity index (χ1) is 6.91. The van der Waals surface area contributed by atoms with E-state index in [2.05, 4.69) is 9.97 Å². The number of carboxylic acids is 1. The molecule has 1 aromatic rings. The number of aromatic nitrogens is 2. The Labute approximate surface area is 88.8 Å². The summed E-state index contributed by atoms with van der Waals surface area (Å²) in [6, 6.07) is 1.17. The monoisotopic (exact) mass is 209 g/mol. The highest BCUT2D eigenvalue weighted by molar-refractivity contribution is 5.76. The van der Waals surface area contributed by atoms with Crippen LogP contribution in [-0.4, -0.2) is 34.1 Å². The first-order valence-corrected chi connectivity index (χ1v) is 4.69. The SMILES string of the molecule is Cc1cc(N(C)C(C)C(=O)O)nc(C)n1. The van der Waals surface area contributed by atoms with Gasteiger partial charge in [-0.2, -0.15) is 0 Å². The summed E-state index contributed by atoms with van der Waals surface area (Å²) < 4.78 is 0. The van der Waals surface area contributed by atoms with Crippen molar-refractivity contribution in [2.75, 3.05) is 11.9 Å². The van der Waals surface area contributed by atoms with Crippen molar-refractivity contribution < 1.29 is 9.90 Å². The summed E-state index contributed by atoms with van der Waals surface area (Å²) >= 11 is 0. The Balaban J connectivity index is 3.00.